The van der Waals surface area contributed by atoms with E-state index in [4.69, 9.17) is 5.11 Å². The highest BCUT2D eigenvalue weighted by atomic mass is 19.1. The fraction of sp³-hybridized carbons (Fsp3) is 0.600. The fourth-order valence-electron chi connectivity index (χ4n) is 2.10. The third-order valence-corrected chi connectivity index (χ3v) is 3.23. The minimum absolute atomic E-state index is 0.0639. The first-order chi connectivity index (χ1) is 9.56. The molecule has 0 saturated carbocycles. The lowest BCUT2D eigenvalue weighted by Gasteiger charge is -2.22. The molecule has 0 spiro atoms. The summed E-state index contributed by atoms with van der Waals surface area (Å²) < 4.78 is 26.2. The standard InChI is InChI=1S/C15H23F2NO2/c1-2-3-5-18(7-8-19)6-4-15(20)12-9-13(16)11-14(17)10-12/h9-11,15,19-20H,2-8H2,1H3. The van der Waals surface area contributed by atoms with Gasteiger partial charge in [0.15, 0.2) is 0 Å². The molecular weight excluding hydrogens is 264 g/mol. The van der Waals surface area contributed by atoms with Crippen LogP contribution in [0.1, 0.15) is 37.9 Å². The van der Waals surface area contributed by atoms with Crippen LogP contribution in [0.4, 0.5) is 8.78 Å². The Labute approximate surface area is 118 Å². The molecule has 1 aromatic carbocycles. The summed E-state index contributed by atoms with van der Waals surface area (Å²) in [6.45, 7) is 4.13. The molecule has 0 heterocycles. The van der Waals surface area contributed by atoms with Crippen LogP contribution in [0.2, 0.25) is 0 Å². The Hall–Kier alpha value is -1.04. The van der Waals surface area contributed by atoms with E-state index in [0.29, 0.717) is 19.5 Å². The monoisotopic (exact) mass is 287 g/mol. The molecule has 0 saturated heterocycles. The van der Waals surface area contributed by atoms with Crippen molar-refractivity contribution in [3.8, 4) is 0 Å². The van der Waals surface area contributed by atoms with Crippen molar-refractivity contribution >= 4 is 0 Å². The molecule has 0 aliphatic heterocycles. The van der Waals surface area contributed by atoms with Crippen molar-refractivity contribution in [2.45, 2.75) is 32.3 Å². The zero-order valence-corrected chi connectivity index (χ0v) is 11.9. The van der Waals surface area contributed by atoms with E-state index in [1.807, 2.05) is 4.90 Å². The minimum Gasteiger partial charge on any atom is -0.395 e. The second-order valence-corrected chi connectivity index (χ2v) is 4.93. The van der Waals surface area contributed by atoms with Gasteiger partial charge in [0.1, 0.15) is 11.6 Å². The van der Waals surface area contributed by atoms with Gasteiger partial charge >= 0.3 is 0 Å². The molecule has 0 aliphatic rings. The largest absolute Gasteiger partial charge is 0.395 e. The van der Waals surface area contributed by atoms with Crippen LogP contribution in [0.15, 0.2) is 18.2 Å². The lowest BCUT2D eigenvalue weighted by Crippen LogP contribution is -2.30. The number of hydrogen-bond donors (Lipinski definition) is 2. The van der Waals surface area contributed by atoms with E-state index in [9.17, 15) is 13.9 Å². The van der Waals surface area contributed by atoms with Crippen molar-refractivity contribution in [1.29, 1.82) is 0 Å². The van der Waals surface area contributed by atoms with Gasteiger partial charge in [0.2, 0.25) is 0 Å². The van der Waals surface area contributed by atoms with Crippen LogP contribution in [0.5, 0.6) is 0 Å². The van der Waals surface area contributed by atoms with Gasteiger partial charge in [-0.15, -0.1) is 0 Å². The molecule has 5 heteroatoms. The third kappa shape index (κ3) is 5.94. The molecule has 0 radical (unpaired) electrons. The Morgan fingerprint density at radius 2 is 1.75 bits per heavy atom. The highest BCUT2D eigenvalue weighted by Crippen LogP contribution is 2.19. The normalized spacial score (nSPS) is 12.9. The average molecular weight is 287 g/mol. The second-order valence-electron chi connectivity index (χ2n) is 4.93. The molecule has 1 unspecified atom stereocenters. The lowest BCUT2D eigenvalue weighted by molar-refractivity contribution is 0.129. The van der Waals surface area contributed by atoms with Gasteiger partial charge in [0.25, 0.3) is 0 Å². The van der Waals surface area contributed by atoms with Crippen molar-refractivity contribution < 1.29 is 19.0 Å². The molecule has 0 fully saturated rings. The number of hydrogen-bond acceptors (Lipinski definition) is 3. The average Bonchev–Trinajstić information content (AvgIpc) is 2.40. The van der Waals surface area contributed by atoms with Gasteiger partial charge in [-0.25, -0.2) is 8.78 Å². The summed E-state index contributed by atoms with van der Waals surface area (Å²) in [5.74, 6) is -1.37. The summed E-state index contributed by atoms with van der Waals surface area (Å²) >= 11 is 0. The van der Waals surface area contributed by atoms with E-state index >= 15 is 0 Å². The van der Waals surface area contributed by atoms with Gasteiger partial charge in [-0.3, -0.25) is 0 Å². The van der Waals surface area contributed by atoms with E-state index in [0.717, 1.165) is 37.6 Å². The van der Waals surface area contributed by atoms with Crippen molar-refractivity contribution in [1.82, 2.24) is 4.90 Å². The summed E-state index contributed by atoms with van der Waals surface area (Å²) in [5.41, 5.74) is 0.252. The summed E-state index contributed by atoms with van der Waals surface area (Å²) in [5, 5.41) is 19.0. The highest BCUT2D eigenvalue weighted by molar-refractivity contribution is 5.20. The summed E-state index contributed by atoms with van der Waals surface area (Å²) in [6, 6.07) is 3.09. The number of halogens is 2. The molecule has 1 aromatic rings. The number of unbranched alkanes of at least 4 members (excludes halogenated alkanes) is 1. The maximum atomic E-state index is 13.1. The molecule has 3 nitrogen and oxygen atoms in total. The van der Waals surface area contributed by atoms with Gasteiger partial charge < -0.3 is 15.1 Å². The quantitative estimate of drug-likeness (QED) is 0.733. The van der Waals surface area contributed by atoms with Crippen LogP contribution in [0.3, 0.4) is 0 Å². The lowest BCUT2D eigenvalue weighted by atomic mass is 10.1. The van der Waals surface area contributed by atoms with Crippen molar-refractivity contribution in [3.05, 3.63) is 35.4 Å². The van der Waals surface area contributed by atoms with E-state index in [-0.39, 0.29) is 12.2 Å². The Morgan fingerprint density at radius 1 is 1.10 bits per heavy atom. The third-order valence-electron chi connectivity index (χ3n) is 3.23. The molecule has 2 N–H and O–H groups in total. The topological polar surface area (TPSA) is 43.7 Å². The number of aliphatic hydroxyl groups is 2. The number of aliphatic hydroxyl groups excluding tert-OH is 2. The second kappa shape index (κ2) is 9.00. The molecule has 0 bridgehead atoms. The van der Waals surface area contributed by atoms with Crippen molar-refractivity contribution in [2.75, 3.05) is 26.2 Å². The predicted molar refractivity (Wildman–Crippen MR) is 74.4 cm³/mol. The molecule has 0 aromatic heterocycles. The number of benzene rings is 1. The fourth-order valence-corrected chi connectivity index (χ4v) is 2.10. The van der Waals surface area contributed by atoms with Gasteiger partial charge in [-0.1, -0.05) is 13.3 Å². The van der Waals surface area contributed by atoms with E-state index < -0.39 is 17.7 Å². The van der Waals surface area contributed by atoms with Gasteiger partial charge in [-0.2, -0.15) is 0 Å². The molecular formula is C15H23F2NO2. The Balaban J connectivity index is 2.53. The van der Waals surface area contributed by atoms with Gasteiger partial charge in [0.05, 0.1) is 12.7 Å². The van der Waals surface area contributed by atoms with Crippen LogP contribution in [0.25, 0.3) is 0 Å². The van der Waals surface area contributed by atoms with Crippen LogP contribution in [-0.2, 0) is 0 Å². The summed E-state index contributed by atoms with van der Waals surface area (Å²) in [6.07, 6.45) is 1.56. The van der Waals surface area contributed by atoms with Crippen LogP contribution < -0.4 is 0 Å². The minimum atomic E-state index is -0.900. The smallest absolute Gasteiger partial charge is 0.126 e. The Bertz CT molecular complexity index is 381. The molecule has 0 amide bonds. The SMILES string of the molecule is CCCCN(CCO)CCC(O)c1cc(F)cc(F)c1. The zero-order valence-electron chi connectivity index (χ0n) is 11.9. The van der Waals surface area contributed by atoms with E-state index in [2.05, 4.69) is 6.92 Å². The summed E-state index contributed by atoms with van der Waals surface area (Å²) in [7, 11) is 0. The van der Waals surface area contributed by atoms with Gasteiger partial charge in [-0.05, 0) is 37.1 Å². The molecule has 0 aliphatic carbocycles. The summed E-state index contributed by atoms with van der Waals surface area (Å²) in [4.78, 5) is 2.04. The van der Waals surface area contributed by atoms with E-state index in [1.54, 1.807) is 0 Å². The van der Waals surface area contributed by atoms with Crippen molar-refractivity contribution in [3.63, 3.8) is 0 Å². The maximum absolute atomic E-state index is 13.1. The Morgan fingerprint density at radius 3 is 2.30 bits per heavy atom. The molecule has 114 valence electrons. The number of rotatable bonds is 9. The van der Waals surface area contributed by atoms with Crippen LogP contribution in [-0.4, -0.2) is 41.4 Å². The molecule has 1 atom stereocenters. The Kier molecular flexibility index (Phi) is 7.65. The van der Waals surface area contributed by atoms with Gasteiger partial charge in [0, 0.05) is 19.2 Å². The zero-order chi connectivity index (χ0) is 15.0. The van der Waals surface area contributed by atoms with Crippen LogP contribution >= 0.6 is 0 Å². The number of nitrogens with zero attached hydrogens (tertiary/aromatic N) is 1. The van der Waals surface area contributed by atoms with Crippen molar-refractivity contribution in [2.24, 2.45) is 0 Å². The highest BCUT2D eigenvalue weighted by Gasteiger charge is 2.13. The van der Waals surface area contributed by atoms with Crippen LogP contribution in [0, 0.1) is 11.6 Å². The van der Waals surface area contributed by atoms with E-state index in [1.165, 1.54) is 0 Å². The molecule has 20 heavy (non-hydrogen) atoms. The first-order valence-electron chi connectivity index (χ1n) is 7.04. The first-order valence-corrected chi connectivity index (χ1v) is 7.04. The maximum Gasteiger partial charge on any atom is 0.126 e. The first kappa shape index (κ1) is 17.0. The molecule has 1 rings (SSSR count). The predicted octanol–water partition coefficient (Wildman–Crippen LogP) is 2.48.